The highest BCUT2D eigenvalue weighted by molar-refractivity contribution is 6.31. The van der Waals surface area contributed by atoms with Gasteiger partial charge in [-0.3, -0.25) is 0 Å². The molecule has 0 aromatic heterocycles. The lowest BCUT2D eigenvalue weighted by Crippen LogP contribution is -2.03. The number of fused-ring (bicyclic) bond motifs is 1. The van der Waals surface area contributed by atoms with Gasteiger partial charge >= 0.3 is 0 Å². The molecule has 0 atom stereocenters. The minimum Gasteiger partial charge on any atom is -0.103 e. The van der Waals surface area contributed by atoms with Gasteiger partial charge in [0.2, 0.25) is 0 Å². The van der Waals surface area contributed by atoms with Crippen LogP contribution in [0.25, 0.3) is 0 Å². The van der Waals surface area contributed by atoms with Crippen LogP contribution in [0, 0.1) is 0 Å². The number of benzene rings is 1. The van der Waals surface area contributed by atoms with E-state index in [1.807, 2.05) is 6.08 Å². The van der Waals surface area contributed by atoms with Gasteiger partial charge in [0.1, 0.15) is 0 Å². The zero-order valence-corrected chi connectivity index (χ0v) is 9.82. The van der Waals surface area contributed by atoms with Gasteiger partial charge in [-0.1, -0.05) is 23.7 Å². The lowest BCUT2D eigenvalue weighted by Gasteiger charge is -2.17. The Balaban J connectivity index is 2.27. The first-order chi connectivity index (χ1) is 7.31. The monoisotopic (exact) mass is 220 g/mol. The van der Waals surface area contributed by atoms with Crippen LogP contribution >= 0.6 is 11.6 Å². The molecule has 1 aliphatic rings. The van der Waals surface area contributed by atoms with E-state index in [4.69, 9.17) is 11.6 Å². The minimum atomic E-state index is 0.942. The van der Waals surface area contributed by atoms with Gasteiger partial charge < -0.3 is 0 Å². The second kappa shape index (κ2) is 4.85. The van der Waals surface area contributed by atoms with Crippen LogP contribution in [-0.4, -0.2) is 0 Å². The van der Waals surface area contributed by atoms with Crippen molar-refractivity contribution in [3.05, 3.63) is 46.5 Å². The van der Waals surface area contributed by atoms with Crippen molar-refractivity contribution in [3.63, 3.8) is 0 Å². The van der Waals surface area contributed by atoms with E-state index in [2.05, 4.69) is 18.7 Å². The summed E-state index contributed by atoms with van der Waals surface area (Å²) in [5.41, 5.74) is 4.27. The number of rotatable bonds is 3. The molecule has 0 radical (unpaired) electrons. The Labute approximate surface area is 97.0 Å². The Morgan fingerprint density at radius 1 is 1.20 bits per heavy atom. The van der Waals surface area contributed by atoms with Gasteiger partial charge in [-0.25, -0.2) is 0 Å². The highest BCUT2D eigenvalue weighted by Crippen LogP contribution is 2.28. The molecule has 0 unspecified atom stereocenters. The van der Waals surface area contributed by atoms with Crippen LogP contribution in [0.1, 0.15) is 36.0 Å². The quantitative estimate of drug-likeness (QED) is 0.665. The van der Waals surface area contributed by atoms with E-state index in [0.717, 1.165) is 17.9 Å². The zero-order valence-electron chi connectivity index (χ0n) is 9.06. The van der Waals surface area contributed by atoms with Gasteiger partial charge in [0.25, 0.3) is 0 Å². The van der Waals surface area contributed by atoms with E-state index >= 15 is 0 Å². The lowest BCUT2D eigenvalue weighted by atomic mass is 9.89. The van der Waals surface area contributed by atoms with Crippen molar-refractivity contribution in [2.75, 3.05) is 0 Å². The van der Waals surface area contributed by atoms with Gasteiger partial charge in [-0.05, 0) is 61.3 Å². The van der Waals surface area contributed by atoms with E-state index in [0.29, 0.717) is 0 Å². The summed E-state index contributed by atoms with van der Waals surface area (Å²) in [4.78, 5) is 0. The Morgan fingerprint density at radius 3 is 2.53 bits per heavy atom. The van der Waals surface area contributed by atoms with E-state index < -0.39 is 0 Å². The van der Waals surface area contributed by atoms with E-state index in [1.165, 1.54) is 42.4 Å². The molecule has 0 fully saturated rings. The summed E-state index contributed by atoms with van der Waals surface area (Å²) in [5.74, 6) is 0. The maximum Gasteiger partial charge on any atom is 0.0441 e. The number of hydrogen-bond acceptors (Lipinski definition) is 0. The van der Waals surface area contributed by atoms with Gasteiger partial charge in [-0.2, -0.15) is 0 Å². The van der Waals surface area contributed by atoms with Crippen LogP contribution < -0.4 is 0 Å². The summed E-state index contributed by atoms with van der Waals surface area (Å²) >= 11 is 6.26. The first-order valence-corrected chi connectivity index (χ1v) is 6.10. The molecular formula is C14H17Cl. The summed E-state index contributed by atoms with van der Waals surface area (Å²) in [7, 11) is 0. The molecule has 0 saturated carbocycles. The third-order valence-electron chi connectivity index (χ3n) is 3.13. The molecule has 1 heteroatoms. The van der Waals surface area contributed by atoms with Crippen molar-refractivity contribution in [1.82, 2.24) is 0 Å². The summed E-state index contributed by atoms with van der Waals surface area (Å²) in [5, 5.41) is 0.942. The molecule has 0 amide bonds. The molecule has 0 nitrogen and oxygen atoms in total. The Morgan fingerprint density at radius 2 is 1.87 bits per heavy atom. The minimum absolute atomic E-state index is 0.942. The Hall–Kier alpha value is -0.750. The van der Waals surface area contributed by atoms with Crippen LogP contribution in [0.5, 0.6) is 0 Å². The maximum absolute atomic E-state index is 6.26. The van der Waals surface area contributed by atoms with Crippen molar-refractivity contribution >= 4 is 11.6 Å². The standard InChI is InChI=1S/C14H17Cl/c1-2-3-6-13-9-11-7-4-5-8-12(11)10-14(13)15/h2,9-10H,1,3-8H2. The molecule has 0 N–H and O–H groups in total. The number of allylic oxidation sites excluding steroid dienone is 1. The first-order valence-electron chi connectivity index (χ1n) is 5.72. The molecule has 2 rings (SSSR count). The number of hydrogen-bond donors (Lipinski definition) is 0. The molecule has 1 aromatic carbocycles. The lowest BCUT2D eigenvalue weighted by molar-refractivity contribution is 0.684. The van der Waals surface area contributed by atoms with Crippen LogP contribution in [0.2, 0.25) is 5.02 Å². The fraction of sp³-hybridized carbons (Fsp3) is 0.429. The number of halogens is 1. The molecular weight excluding hydrogens is 204 g/mol. The fourth-order valence-electron chi connectivity index (χ4n) is 2.26. The molecule has 80 valence electrons. The topological polar surface area (TPSA) is 0 Å². The maximum atomic E-state index is 6.26. The normalized spacial score (nSPS) is 14.7. The molecule has 0 spiro atoms. The van der Waals surface area contributed by atoms with E-state index in [-0.39, 0.29) is 0 Å². The average Bonchev–Trinajstić information content (AvgIpc) is 2.26. The molecule has 15 heavy (non-hydrogen) atoms. The van der Waals surface area contributed by atoms with Gasteiger partial charge in [0, 0.05) is 5.02 Å². The third-order valence-corrected chi connectivity index (χ3v) is 3.48. The van der Waals surface area contributed by atoms with Gasteiger partial charge in [-0.15, -0.1) is 6.58 Å². The first kappa shape index (κ1) is 10.8. The van der Waals surface area contributed by atoms with E-state index in [1.54, 1.807) is 0 Å². The largest absolute Gasteiger partial charge is 0.103 e. The molecule has 0 heterocycles. The molecule has 1 aliphatic carbocycles. The van der Waals surface area contributed by atoms with Crippen LogP contribution in [0.3, 0.4) is 0 Å². The van der Waals surface area contributed by atoms with Crippen molar-refractivity contribution in [2.24, 2.45) is 0 Å². The highest BCUT2D eigenvalue weighted by atomic mass is 35.5. The Bertz CT molecular complexity index is 366. The smallest absolute Gasteiger partial charge is 0.0441 e. The summed E-state index contributed by atoms with van der Waals surface area (Å²) < 4.78 is 0. The summed E-state index contributed by atoms with van der Waals surface area (Å²) in [6, 6.07) is 4.48. The molecule has 1 aromatic rings. The predicted octanol–water partition coefficient (Wildman–Crippen LogP) is 4.34. The molecule has 0 aliphatic heterocycles. The second-order valence-corrected chi connectivity index (χ2v) is 4.65. The van der Waals surface area contributed by atoms with Crippen LogP contribution in [0.4, 0.5) is 0 Å². The van der Waals surface area contributed by atoms with Crippen LogP contribution in [0.15, 0.2) is 24.8 Å². The third kappa shape index (κ3) is 2.43. The zero-order chi connectivity index (χ0) is 10.7. The fourth-order valence-corrected chi connectivity index (χ4v) is 2.54. The highest BCUT2D eigenvalue weighted by Gasteiger charge is 2.11. The Kier molecular flexibility index (Phi) is 3.48. The summed E-state index contributed by atoms with van der Waals surface area (Å²) in [6.45, 7) is 3.75. The van der Waals surface area contributed by atoms with E-state index in [9.17, 15) is 0 Å². The predicted molar refractivity (Wildman–Crippen MR) is 66.6 cm³/mol. The SMILES string of the molecule is C=CCCc1cc2c(cc1Cl)CCCC2. The number of aryl methyl sites for hydroxylation is 3. The summed E-state index contributed by atoms with van der Waals surface area (Å²) in [6.07, 6.45) is 9.07. The molecule has 0 saturated heterocycles. The van der Waals surface area contributed by atoms with Crippen molar-refractivity contribution < 1.29 is 0 Å². The van der Waals surface area contributed by atoms with Crippen molar-refractivity contribution in [1.29, 1.82) is 0 Å². The second-order valence-electron chi connectivity index (χ2n) is 4.25. The van der Waals surface area contributed by atoms with Gasteiger partial charge in [0.15, 0.2) is 0 Å². The molecule has 0 bridgehead atoms. The average molecular weight is 221 g/mol. The van der Waals surface area contributed by atoms with Crippen molar-refractivity contribution in [2.45, 2.75) is 38.5 Å². The van der Waals surface area contributed by atoms with Crippen molar-refractivity contribution in [3.8, 4) is 0 Å². The van der Waals surface area contributed by atoms with Crippen LogP contribution in [-0.2, 0) is 19.3 Å². The van der Waals surface area contributed by atoms with Gasteiger partial charge in [0.05, 0.1) is 0 Å².